The van der Waals surface area contributed by atoms with E-state index in [9.17, 15) is 14.9 Å². The Hall–Kier alpha value is -3.76. The first-order valence-electron chi connectivity index (χ1n) is 10.1. The summed E-state index contributed by atoms with van der Waals surface area (Å²) in [6.45, 7) is 2.17. The van der Waals surface area contributed by atoms with Crippen molar-refractivity contribution in [2.45, 2.75) is 25.1 Å². The number of benzene rings is 2. The van der Waals surface area contributed by atoms with Gasteiger partial charge in [0, 0.05) is 5.69 Å². The molecule has 0 aliphatic carbocycles. The van der Waals surface area contributed by atoms with Gasteiger partial charge in [-0.15, -0.1) is 0 Å². The molecule has 2 heterocycles. The molecule has 0 radical (unpaired) electrons. The molecule has 1 N–H and O–H groups in total. The van der Waals surface area contributed by atoms with Gasteiger partial charge in [0.25, 0.3) is 5.91 Å². The van der Waals surface area contributed by atoms with Crippen molar-refractivity contribution < 1.29 is 14.0 Å². The zero-order valence-electron chi connectivity index (χ0n) is 17.4. The summed E-state index contributed by atoms with van der Waals surface area (Å²) in [5.41, 5.74) is 2.70. The molecule has 1 aliphatic heterocycles. The number of aryl methyl sites for hydroxylation is 1. The maximum atomic E-state index is 13.4. The minimum atomic E-state index is -0.545. The molecule has 0 bridgehead atoms. The van der Waals surface area contributed by atoms with Crippen LogP contribution in [0.5, 0.6) is 0 Å². The molecule has 1 aliphatic rings. The van der Waals surface area contributed by atoms with E-state index in [-0.39, 0.29) is 18.0 Å². The number of nitriles is 1. The molecule has 160 valence electrons. The Morgan fingerprint density at radius 2 is 1.88 bits per heavy atom. The molecule has 6 nitrogen and oxygen atoms in total. The Morgan fingerprint density at radius 3 is 2.53 bits per heavy atom. The average molecular weight is 444 g/mol. The fraction of sp³-hybridized carbons (Fsp3) is 0.160. The van der Waals surface area contributed by atoms with Crippen molar-refractivity contribution in [1.82, 2.24) is 5.32 Å². The van der Waals surface area contributed by atoms with Crippen LogP contribution in [0.3, 0.4) is 0 Å². The van der Waals surface area contributed by atoms with Gasteiger partial charge in [-0.1, -0.05) is 59.8 Å². The van der Waals surface area contributed by atoms with Crippen LogP contribution >= 0.6 is 11.8 Å². The van der Waals surface area contributed by atoms with Crippen molar-refractivity contribution in [3.05, 3.63) is 100 Å². The molecule has 0 spiro atoms. The molecule has 2 aromatic carbocycles. The Bertz CT molecular complexity index is 1180. The lowest BCUT2D eigenvalue weighted by Gasteiger charge is -2.18. The highest BCUT2D eigenvalue weighted by molar-refractivity contribution is 8.05. The van der Waals surface area contributed by atoms with E-state index in [1.807, 2.05) is 55.5 Å². The summed E-state index contributed by atoms with van der Waals surface area (Å²) < 4.78 is 5.24. The minimum Gasteiger partial charge on any atom is -0.467 e. The second-order valence-corrected chi connectivity index (χ2v) is 8.55. The van der Waals surface area contributed by atoms with Crippen LogP contribution in [-0.4, -0.2) is 17.1 Å². The molecule has 4 rings (SSSR count). The highest BCUT2D eigenvalue weighted by Crippen LogP contribution is 2.41. The van der Waals surface area contributed by atoms with Crippen LogP contribution in [0.2, 0.25) is 0 Å². The van der Waals surface area contributed by atoms with Crippen molar-refractivity contribution in [1.29, 1.82) is 5.26 Å². The number of hydrogen-bond donors (Lipinski definition) is 1. The quantitative estimate of drug-likeness (QED) is 0.453. The SMILES string of the molecule is Cc1ccc(C[C@H]2S/C(=C(\C#N)C(=O)NCc3ccco3)N(c3ccccc3)C2=O)cc1. The van der Waals surface area contributed by atoms with E-state index >= 15 is 0 Å². The number of thioether (sulfide) groups is 1. The Balaban J connectivity index is 1.66. The number of para-hydroxylation sites is 1. The van der Waals surface area contributed by atoms with E-state index in [4.69, 9.17) is 4.42 Å². The molecule has 1 aromatic heterocycles. The highest BCUT2D eigenvalue weighted by atomic mass is 32.2. The van der Waals surface area contributed by atoms with Crippen LogP contribution in [0.1, 0.15) is 16.9 Å². The zero-order valence-corrected chi connectivity index (χ0v) is 18.3. The lowest BCUT2D eigenvalue weighted by Crippen LogP contribution is -2.32. The Morgan fingerprint density at radius 1 is 1.12 bits per heavy atom. The van der Waals surface area contributed by atoms with Gasteiger partial charge in [0.1, 0.15) is 22.4 Å². The van der Waals surface area contributed by atoms with Crippen LogP contribution in [0, 0.1) is 18.3 Å². The van der Waals surface area contributed by atoms with Gasteiger partial charge in [0.05, 0.1) is 18.1 Å². The molecule has 0 saturated carbocycles. The second-order valence-electron chi connectivity index (χ2n) is 7.36. The third-order valence-corrected chi connectivity index (χ3v) is 6.33. The molecular weight excluding hydrogens is 422 g/mol. The second kappa shape index (κ2) is 9.58. The van der Waals surface area contributed by atoms with E-state index in [2.05, 4.69) is 5.32 Å². The molecule has 7 heteroatoms. The van der Waals surface area contributed by atoms with Crippen molar-refractivity contribution in [2.75, 3.05) is 4.90 Å². The molecule has 0 unspecified atom stereocenters. The number of nitrogens with zero attached hydrogens (tertiary/aromatic N) is 2. The standard InChI is InChI=1S/C25H21N3O3S/c1-17-9-11-18(12-10-17)14-22-24(30)28(19-6-3-2-4-7-19)25(32-22)21(15-26)23(29)27-16-20-8-5-13-31-20/h2-13,22H,14,16H2,1H3,(H,27,29)/b25-21+/t22-/m1/s1. The summed E-state index contributed by atoms with van der Waals surface area (Å²) >= 11 is 1.25. The first kappa shape index (κ1) is 21.5. The van der Waals surface area contributed by atoms with Gasteiger partial charge in [0.2, 0.25) is 5.91 Å². The number of carbonyl (C=O) groups is 2. The summed E-state index contributed by atoms with van der Waals surface area (Å²) in [5, 5.41) is 12.4. The molecule has 1 fully saturated rings. The van der Waals surface area contributed by atoms with E-state index in [1.54, 1.807) is 24.3 Å². The fourth-order valence-electron chi connectivity index (χ4n) is 3.41. The van der Waals surface area contributed by atoms with E-state index in [0.29, 0.717) is 22.9 Å². The van der Waals surface area contributed by atoms with Crippen molar-refractivity contribution in [3.63, 3.8) is 0 Å². The van der Waals surface area contributed by atoms with Crippen LogP contribution in [-0.2, 0) is 22.6 Å². The van der Waals surface area contributed by atoms with Gasteiger partial charge in [-0.2, -0.15) is 5.26 Å². The summed E-state index contributed by atoms with van der Waals surface area (Å²) in [4.78, 5) is 27.7. The van der Waals surface area contributed by atoms with Crippen LogP contribution in [0.15, 0.2) is 88.0 Å². The van der Waals surface area contributed by atoms with E-state index in [0.717, 1.165) is 11.1 Å². The fourth-order valence-corrected chi connectivity index (χ4v) is 4.71. The van der Waals surface area contributed by atoms with Crippen molar-refractivity contribution in [2.24, 2.45) is 0 Å². The predicted molar refractivity (Wildman–Crippen MR) is 123 cm³/mol. The van der Waals surface area contributed by atoms with Crippen LogP contribution in [0.4, 0.5) is 5.69 Å². The number of anilines is 1. The Kier molecular flexibility index (Phi) is 6.43. The van der Waals surface area contributed by atoms with Gasteiger partial charge in [-0.25, -0.2) is 0 Å². The van der Waals surface area contributed by atoms with Crippen molar-refractivity contribution in [3.8, 4) is 6.07 Å². The van der Waals surface area contributed by atoms with Gasteiger partial charge < -0.3 is 9.73 Å². The van der Waals surface area contributed by atoms with Gasteiger partial charge in [0.15, 0.2) is 0 Å². The van der Waals surface area contributed by atoms with Gasteiger partial charge in [-0.3, -0.25) is 14.5 Å². The minimum absolute atomic E-state index is 0.0924. The number of carbonyl (C=O) groups excluding carboxylic acids is 2. The number of furan rings is 1. The maximum absolute atomic E-state index is 13.4. The topological polar surface area (TPSA) is 86.3 Å². The Labute approximate surface area is 190 Å². The van der Waals surface area contributed by atoms with Crippen molar-refractivity contribution >= 4 is 29.3 Å². The van der Waals surface area contributed by atoms with E-state index < -0.39 is 11.2 Å². The lowest BCUT2D eigenvalue weighted by atomic mass is 10.1. The predicted octanol–water partition coefficient (Wildman–Crippen LogP) is 4.33. The monoisotopic (exact) mass is 443 g/mol. The third-order valence-electron chi connectivity index (χ3n) is 5.06. The third kappa shape index (κ3) is 4.61. The first-order chi connectivity index (χ1) is 15.6. The van der Waals surface area contributed by atoms with E-state index in [1.165, 1.54) is 22.9 Å². The van der Waals surface area contributed by atoms with Gasteiger partial charge >= 0.3 is 0 Å². The summed E-state index contributed by atoms with van der Waals surface area (Å²) in [5.74, 6) is -0.118. The molecule has 2 amide bonds. The summed E-state index contributed by atoms with van der Waals surface area (Å²) in [6, 6.07) is 22.6. The molecular formula is C25H21N3O3S. The number of hydrogen-bond acceptors (Lipinski definition) is 5. The molecule has 1 saturated heterocycles. The molecule has 32 heavy (non-hydrogen) atoms. The van der Waals surface area contributed by atoms with Crippen LogP contribution in [0.25, 0.3) is 0 Å². The average Bonchev–Trinajstić information content (AvgIpc) is 3.43. The maximum Gasteiger partial charge on any atom is 0.265 e. The highest BCUT2D eigenvalue weighted by Gasteiger charge is 2.40. The van der Waals surface area contributed by atoms with Gasteiger partial charge in [-0.05, 0) is 43.2 Å². The smallest absolute Gasteiger partial charge is 0.265 e. The normalized spacial score (nSPS) is 17.2. The lowest BCUT2D eigenvalue weighted by molar-refractivity contribution is -0.117. The number of nitrogens with one attached hydrogen (secondary N) is 1. The molecule has 1 atom stereocenters. The summed E-state index contributed by atoms with van der Waals surface area (Å²) in [6.07, 6.45) is 2.02. The zero-order chi connectivity index (χ0) is 22.5. The molecule has 3 aromatic rings. The summed E-state index contributed by atoms with van der Waals surface area (Å²) in [7, 11) is 0. The number of amides is 2. The largest absolute Gasteiger partial charge is 0.467 e. The first-order valence-corrected chi connectivity index (χ1v) is 11.0. The number of rotatable bonds is 6. The van der Waals surface area contributed by atoms with Crippen LogP contribution < -0.4 is 10.2 Å².